The summed E-state index contributed by atoms with van der Waals surface area (Å²) in [5.41, 5.74) is -0.422. The molecule has 1 aliphatic rings. The molecule has 1 aliphatic carbocycles. The van der Waals surface area contributed by atoms with Crippen LogP contribution in [0.15, 0.2) is 0 Å². The first-order valence-corrected chi connectivity index (χ1v) is 5.90. The Labute approximate surface area is 92.8 Å². The highest BCUT2D eigenvalue weighted by atomic mass is 16.5. The van der Waals surface area contributed by atoms with E-state index in [-0.39, 0.29) is 6.10 Å². The van der Waals surface area contributed by atoms with E-state index in [2.05, 4.69) is 18.3 Å². The second-order valence-electron chi connectivity index (χ2n) is 4.75. The van der Waals surface area contributed by atoms with Gasteiger partial charge in [0, 0.05) is 19.1 Å². The van der Waals surface area contributed by atoms with Gasteiger partial charge in [-0.25, -0.2) is 0 Å². The van der Waals surface area contributed by atoms with Crippen molar-refractivity contribution in [3.8, 4) is 6.07 Å². The molecule has 0 aromatic heterocycles. The summed E-state index contributed by atoms with van der Waals surface area (Å²) < 4.78 is 5.60. The second kappa shape index (κ2) is 5.48. The van der Waals surface area contributed by atoms with Gasteiger partial charge in [-0.15, -0.1) is 0 Å². The van der Waals surface area contributed by atoms with Crippen molar-refractivity contribution >= 4 is 0 Å². The molecule has 3 nitrogen and oxygen atoms in total. The van der Waals surface area contributed by atoms with E-state index in [0.717, 1.165) is 19.4 Å². The van der Waals surface area contributed by atoms with Gasteiger partial charge in [0.25, 0.3) is 0 Å². The molecule has 86 valence electrons. The molecule has 1 saturated carbocycles. The first kappa shape index (κ1) is 12.5. The molecule has 0 aromatic carbocycles. The molecule has 1 rings (SSSR count). The molecule has 0 aromatic rings. The SMILES string of the molecule is CCCOC(C)CC(C)(C#N)NC1CC1. The number of rotatable bonds is 7. The van der Waals surface area contributed by atoms with Gasteiger partial charge in [-0.2, -0.15) is 5.26 Å². The second-order valence-corrected chi connectivity index (χ2v) is 4.75. The Balaban J connectivity index is 2.33. The standard InChI is InChI=1S/C12H22N2O/c1-4-7-15-10(2)8-12(3,9-13)14-11-5-6-11/h10-11,14H,4-8H2,1-3H3. The quantitative estimate of drug-likeness (QED) is 0.701. The molecule has 0 heterocycles. The molecule has 2 atom stereocenters. The van der Waals surface area contributed by atoms with Crippen LogP contribution < -0.4 is 5.32 Å². The van der Waals surface area contributed by atoms with Crippen LogP contribution in [0, 0.1) is 11.3 Å². The minimum Gasteiger partial charge on any atom is -0.378 e. The molecule has 3 heteroatoms. The average Bonchev–Trinajstić information content (AvgIpc) is 2.98. The van der Waals surface area contributed by atoms with Crippen LogP contribution in [0.2, 0.25) is 0 Å². The van der Waals surface area contributed by atoms with Crippen molar-refractivity contribution in [3.63, 3.8) is 0 Å². The van der Waals surface area contributed by atoms with Gasteiger partial charge >= 0.3 is 0 Å². The molecular formula is C12H22N2O. The monoisotopic (exact) mass is 210 g/mol. The van der Waals surface area contributed by atoms with E-state index in [1.807, 2.05) is 13.8 Å². The van der Waals surface area contributed by atoms with E-state index in [4.69, 9.17) is 10.00 Å². The highest BCUT2D eigenvalue weighted by Gasteiger charge is 2.33. The summed E-state index contributed by atoms with van der Waals surface area (Å²) in [5.74, 6) is 0. The normalized spacial score (nSPS) is 21.7. The third-order valence-corrected chi connectivity index (χ3v) is 2.65. The van der Waals surface area contributed by atoms with Gasteiger partial charge in [-0.05, 0) is 33.1 Å². The molecule has 15 heavy (non-hydrogen) atoms. The van der Waals surface area contributed by atoms with Gasteiger partial charge in [-0.3, -0.25) is 5.32 Å². The van der Waals surface area contributed by atoms with Crippen molar-refractivity contribution in [2.24, 2.45) is 0 Å². The van der Waals surface area contributed by atoms with Crippen LogP contribution in [0.3, 0.4) is 0 Å². The lowest BCUT2D eigenvalue weighted by molar-refractivity contribution is 0.0478. The number of nitrogens with zero attached hydrogens (tertiary/aromatic N) is 1. The van der Waals surface area contributed by atoms with E-state index >= 15 is 0 Å². The fourth-order valence-electron chi connectivity index (χ4n) is 1.77. The Kier molecular flexibility index (Phi) is 4.56. The zero-order valence-corrected chi connectivity index (χ0v) is 10.0. The van der Waals surface area contributed by atoms with Crippen LogP contribution in [0.4, 0.5) is 0 Å². The summed E-state index contributed by atoms with van der Waals surface area (Å²) in [6.45, 7) is 6.89. The first-order chi connectivity index (χ1) is 7.09. The fourth-order valence-corrected chi connectivity index (χ4v) is 1.77. The largest absolute Gasteiger partial charge is 0.378 e. The van der Waals surface area contributed by atoms with Crippen LogP contribution in [-0.2, 0) is 4.74 Å². The van der Waals surface area contributed by atoms with Crippen molar-refractivity contribution in [2.45, 2.75) is 64.1 Å². The lowest BCUT2D eigenvalue weighted by Crippen LogP contribution is -2.45. The average molecular weight is 210 g/mol. The zero-order valence-electron chi connectivity index (χ0n) is 10.0. The number of ether oxygens (including phenoxy) is 1. The van der Waals surface area contributed by atoms with Crippen LogP contribution >= 0.6 is 0 Å². The Bertz CT molecular complexity index is 232. The zero-order chi connectivity index (χ0) is 11.3. The molecule has 1 N–H and O–H groups in total. The lowest BCUT2D eigenvalue weighted by Gasteiger charge is -2.26. The van der Waals surface area contributed by atoms with Gasteiger partial charge in [0.2, 0.25) is 0 Å². The minimum absolute atomic E-state index is 0.154. The van der Waals surface area contributed by atoms with Gasteiger partial charge < -0.3 is 4.74 Å². The Morgan fingerprint density at radius 3 is 2.73 bits per heavy atom. The molecule has 0 radical (unpaired) electrons. The van der Waals surface area contributed by atoms with Gasteiger partial charge in [0.15, 0.2) is 0 Å². The molecule has 2 unspecified atom stereocenters. The molecule has 0 saturated heterocycles. The molecule has 0 bridgehead atoms. The smallest absolute Gasteiger partial charge is 0.106 e. The predicted octanol–water partition coefficient (Wildman–Crippen LogP) is 2.23. The van der Waals surface area contributed by atoms with Gasteiger partial charge in [0.1, 0.15) is 5.54 Å². The van der Waals surface area contributed by atoms with Crippen molar-refractivity contribution < 1.29 is 4.74 Å². The fraction of sp³-hybridized carbons (Fsp3) is 0.917. The number of nitriles is 1. The maximum atomic E-state index is 9.17. The van der Waals surface area contributed by atoms with Gasteiger partial charge in [-0.1, -0.05) is 6.92 Å². The highest BCUT2D eigenvalue weighted by molar-refractivity contribution is 5.07. The van der Waals surface area contributed by atoms with Crippen molar-refractivity contribution in [2.75, 3.05) is 6.61 Å². The Morgan fingerprint density at radius 1 is 1.60 bits per heavy atom. The Morgan fingerprint density at radius 2 is 2.27 bits per heavy atom. The van der Waals surface area contributed by atoms with Crippen LogP contribution in [0.5, 0.6) is 0 Å². The van der Waals surface area contributed by atoms with Gasteiger partial charge in [0.05, 0.1) is 12.2 Å². The Hall–Kier alpha value is -0.590. The van der Waals surface area contributed by atoms with E-state index in [1.165, 1.54) is 12.8 Å². The number of nitrogens with one attached hydrogen (secondary N) is 1. The summed E-state index contributed by atoms with van der Waals surface area (Å²) in [6.07, 6.45) is 4.37. The molecule has 0 spiro atoms. The molecule has 1 fully saturated rings. The van der Waals surface area contributed by atoms with E-state index < -0.39 is 5.54 Å². The first-order valence-electron chi connectivity index (χ1n) is 5.90. The third-order valence-electron chi connectivity index (χ3n) is 2.65. The number of hydrogen-bond acceptors (Lipinski definition) is 3. The maximum absolute atomic E-state index is 9.17. The maximum Gasteiger partial charge on any atom is 0.106 e. The van der Waals surface area contributed by atoms with Crippen molar-refractivity contribution in [3.05, 3.63) is 0 Å². The van der Waals surface area contributed by atoms with E-state index in [9.17, 15) is 0 Å². The lowest BCUT2D eigenvalue weighted by atomic mass is 9.96. The minimum atomic E-state index is -0.422. The molecular weight excluding hydrogens is 188 g/mol. The molecule has 0 aliphatic heterocycles. The summed E-state index contributed by atoms with van der Waals surface area (Å²) in [6, 6.07) is 2.93. The van der Waals surface area contributed by atoms with Crippen LogP contribution in [0.25, 0.3) is 0 Å². The van der Waals surface area contributed by atoms with Crippen LogP contribution in [0.1, 0.15) is 46.5 Å². The van der Waals surface area contributed by atoms with E-state index in [1.54, 1.807) is 0 Å². The highest BCUT2D eigenvalue weighted by Crippen LogP contribution is 2.24. The van der Waals surface area contributed by atoms with Crippen LogP contribution in [-0.4, -0.2) is 24.3 Å². The third kappa shape index (κ3) is 4.63. The van der Waals surface area contributed by atoms with E-state index in [0.29, 0.717) is 6.04 Å². The van der Waals surface area contributed by atoms with Crippen molar-refractivity contribution in [1.82, 2.24) is 5.32 Å². The predicted molar refractivity (Wildman–Crippen MR) is 60.5 cm³/mol. The summed E-state index contributed by atoms with van der Waals surface area (Å²) >= 11 is 0. The summed E-state index contributed by atoms with van der Waals surface area (Å²) in [5, 5.41) is 12.6. The summed E-state index contributed by atoms with van der Waals surface area (Å²) in [7, 11) is 0. The topological polar surface area (TPSA) is 45.0 Å². The number of hydrogen-bond donors (Lipinski definition) is 1. The van der Waals surface area contributed by atoms with Crippen molar-refractivity contribution in [1.29, 1.82) is 5.26 Å². The molecule has 0 amide bonds. The summed E-state index contributed by atoms with van der Waals surface area (Å²) in [4.78, 5) is 0.